The maximum atomic E-state index is 12.3. The second-order valence-electron chi connectivity index (χ2n) is 4.46. The number of aromatic nitrogens is 1. The van der Waals surface area contributed by atoms with Crippen molar-refractivity contribution in [3.05, 3.63) is 47.2 Å². The number of carbonyl (C=O) groups excluding carboxylic acids is 1. The van der Waals surface area contributed by atoms with E-state index in [9.17, 15) is 4.79 Å². The maximum Gasteiger partial charge on any atom is 0.265 e. The third kappa shape index (κ3) is 3.00. The molecule has 2 aromatic rings. The zero-order valence-electron chi connectivity index (χ0n) is 11.2. The van der Waals surface area contributed by atoms with Crippen molar-refractivity contribution in [3.8, 4) is 11.5 Å². The van der Waals surface area contributed by atoms with E-state index in [0.29, 0.717) is 30.3 Å². The molecule has 1 aromatic carbocycles. The van der Waals surface area contributed by atoms with Crippen molar-refractivity contribution in [2.45, 2.75) is 0 Å². The Hall–Kier alpha value is -2.08. The average Bonchev–Trinajstić information content (AvgIpc) is 2.53. The molecule has 0 saturated heterocycles. The van der Waals surface area contributed by atoms with Crippen LogP contribution in [0, 0.1) is 0 Å². The van der Waals surface area contributed by atoms with Gasteiger partial charge in [-0.3, -0.25) is 9.78 Å². The van der Waals surface area contributed by atoms with Crippen LogP contribution in [0.2, 0.25) is 0 Å². The van der Waals surface area contributed by atoms with E-state index in [2.05, 4.69) is 20.9 Å². The van der Waals surface area contributed by atoms with Gasteiger partial charge in [0.25, 0.3) is 5.91 Å². The first kappa shape index (κ1) is 13.9. The van der Waals surface area contributed by atoms with Gasteiger partial charge in [0.15, 0.2) is 6.61 Å². The second-order valence-corrected chi connectivity index (χ2v) is 5.31. The highest BCUT2D eigenvalue weighted by atomic mass is 79.9. The van der Waals surface area contributed by atoms with Gasteiger partial charge in [-0.05, 0) is 28.1 Å². The lowest BCUT2D eigenvalue weighted by molar-refractivity contribution is -0.120. The number of halogens is 1. The molecular formula is C15H13BrN2O3. The van der Waals surface area contributed by atoms with Crippen molar-refractivity contribution in [2.24, 2.45) is 0 Å². The van der Waals surface area contributed by atoms with Gasteiger partial charge in [-0.25, -0.2) is 0 Å². The topological polar surface area (TPSA) is 51.7 Å². The number of benzene rings is 1. The van der Waals surface area contributed by atoms with Crippen LogP contribution in [0.3, 0.4) is 0 Å². The number of para-hydroxylation sites is 1. The summed E-state index contributed by atoms with van der Waals surface area (Å²) in [6.07, 6.45) is 3.27. The van der Waals surface area contributed by atoms with E-state index < -0.39 is 0 Å². The standard InChI is InChI=1S/C15H13BrN2O3/c16-11-3-1-2-4-13(11)21-10-15(19)18-7-8-20-14-5-6-17-9-12(14)18/h1-6,9H,7-8,10H2. The van der Waals surface area contributed by atoms with Crippen LogP contribution in [0.4, 0.5) is 5.69 Å². The number of amides is 1. The van der Waals surface area contributed by atoms with E-state index in [1.54, 1.807) is 23.4 Å². The fourth-order valence-electron chi connectivity index (χ4n) is 2.10. The molecule has 0 radical (unpaired) electrons. The Labute approximate surface area is 130 Å². The number of hydrogen-bond acceptors (Lipinski definition) is 4. The summed E-state index contributed by atoms with van der Waals surface area (Å²) in [6.45, 7) is 0.936. The highest BCUT2D eigenvalue weighted by molar-refractivity contribution is 9.10. The van der Waals surface area contributed by atoms with E-state index in [1.807, 2.05) is 24.3 Å². The molecule has 1 aromatic heterocycles. The van der Waals surface area contributed by atoms with E-state index in [4.69, 9.17) is 9.47 Å². The minimum atomic E-state index is -0.122. The molecule has 0 saturated carbocycles. The summed E-state index contributed by atoms with van der Waals surface area (Å²) >= 11 is 3.39. The lowest BCUT2D eigenvalue weighted by Gasteiger charge is -2.28. The van der Waals surface area contributed by atoms with Crippen LogP contribution in [0.25, 0.3) is 0 Å². The van der Waals surface area contributed by atoms with Crippen molar-refractivity contribution in [1.82, 2.24) is 4.98 Å². The number of fused-ring (bicyclic) bond motifs is 1. The molecule has 1 amide bonds. The molecule has 108 valence electrons. The normalized spacial score (nSPS) is 13.3. The molecule has 6 heteroatoms. The monoisotopic (exact) mass is 348 g/mol. The van der Waals surface area contributed by atoms with Crippen molar-refractivity contribution in [3.63, 3.8) is 0 Å². The Morgan fingerprint density at radius 2 is 2.24 bits per heavy atom. The fraction of sp³-hybridized carbons (Fsp3) is 0.200. The highest BCUT2D eigenvalue weighted by Gasteiger charge is 2.24. The number of ether oxygens (including phenoxy) is 2. The summed E-state index contributed by atoms with van der Waals surface area (Å²) in [5, 5.41) is 0. The first-order chi connectivity index (χ1) is 10.3. The smallest absolute Gasteiger partial charge is 0.265 e. The molecule has 0 atom stereocenters. The van der Waals surface area contributed by atoms with Crippen LogP contribution in [-0.4, -0.2) is 30.6 Å². The summed E-state index contributed by atoms with van der Waals surface area (Å²) < 4.78 is 11.9. The molecule has 0 fully saturated rings. The van der Waals surface area contributed by atoms with Crippen molar-refractivity contribution < 1.29 is 14.3 Å². The SMILES string of the molecule is O=C(COc1ccccc1Br)N1CCOc2ccncc21. The number of carbonyl (C=O) groups is 1. The summed E-state index contributed by atoms with van der Waals surface area (Å²) in [5.74, 6) is 1.19. The molecule has 3 rings (SSSR count). The largest absolute Gasteiger partial charge is 0.489 e. The van der Waals surface area contributed by atoms with Gasteiger partial charge in [0.05, 0.1) is 17.2 Å². The Morgan fingerprint density at radius 3 is 3.10 bits per heavy atom. The van der Waals surface area contributed by atoms with Gasteiger partial charge in [0.2, 0.25) is 0 Å². The van der Waals surface area contributed by atoms with Gasteiger partial charge < -0.3 is 14.4 Å². The van der Waals surface area contributed by atoms with Crippen LogP contribution in [0.1, 0.15) is 0 Å². The molecule has 1 aliphatic heterocycles. The Morgan fingerprint density at radius 1 is 1.38 bits per heavy atom. The van der Waals surface area contributed by atoms with Crippen molar-refractivity contribution in [2.75, 3.05) is 24.7 Å². The van der Waals surface area contributed by atoms with Crippen LogP contribution >= 0.6 is 15.9 Å². The molecule has 21 heavy (non-hydrogen) atoms. The molecule has 0 unspecified atom stereocenters. The lowest BCUT2D eigenvalue weighted by atomic mass is 10.3. The number of anilines is 1. The van der Waals surface area contributed by atoms with E-state index in [1.165, 1.54) is 0 Å². The first-order valence-electron chi connectivity index (χ1n) is 6.50. The van der Waals surface area contributed by atoms with Gasteiger partial charge in [0, 0.05) is 12.3 Å². The molecule has 0 N–H and O–H groups in total. The molecule has 0 bridgehead atoms. The van der Waals surface area contributed by atoms with Gasteiger partial charge in [-0.15, -0.1) is 0 Å². The predicted molar refractivity (Wildman–Crippen MR) is 81.7 cm³/mol. The van der Waals surface area contributed by atoms with Gasteiger partial charge in [0.1, 0.15) is 23.8 Å². The van der Waals surface area contributed by atoms with Gasteiger partial charge >= 0.3 is 0 Å². The Balaban J connectivity index is 1.71. The van der Waals surface area contributed by atoms with Crippen LogP contribution in [0.15, 0.2) is 47.2 Å². The zero-order valence-corrected chi connectivity index (χ0v) is 12.7. The molecular weight excluding hydrogens is 336 g/mol. The molecule has 0 spiro atoms. The van der Waals surface area contributed by atoms with Crippen molar-refractivity contribution >= 4 is 27.5 Å². The molecule has 0 aliphatic carbocycles. The highest BCUT2D eigenvalue weighted by Crippen LogP contribution is 2.30. The third-order valence-corrected chi connectivity index (χ3v) is 3.77. The molecule has 1 aliphatic rings. The summed E-state index contributed by atoms with van der Waals surface area (Å²) in [5.41, 5.74) is 0.685. The second kappa shape index (κ2) is 6.13. The number of pyridine rings is 1. The maximum absolute atomic E-state index is 12.3. The molecule has 5 nitrogen and oxygen atoms in total. The van der Waals surface area contributed by atoms with E-state index >= 15 is 0 Å². The number of nitrogens with zero attached hydrogens (tertiary/aromatic N) is 2. The Bertz CT molecular complexity index is 663. The summed E-state index contributed by atoms with van der Waals surface area (Å²) in [6, 6.07) is 9.19. The predicted octanol–water partition coefficient (Wildman–Crippen LogP) is 2.65. The van der Waals surface area contributed by atoms with Crippen LogP contribution in [-0.2, 0) is 4.79 Å². The number of hydrogen-bond donors (Lipinski definition) is 0. The lowest BCUT2D eigenvalue weighted by Crippen LogP contribution is -2.40. The zero-order chi connectivity index (χ0) is 14.7. The molecule has 2 heterocycles. The van der Waals surface area contributed by atoms with Gasteiger partial charge in [-0.1, -0.05) is 12.1 Å². The van der Waals surface area contributed by atoms with E-state index in [-0.39, 0.29) is 12.5 Å². The van der Waals surface area contributed by atoms with Crippen molar-refractivity contribution in [1.29, 1.82) is 0 Å². The van der Waals surface area contributed by atoms with E-state index in [0.717, 1.165) is 4.47 Å². The first-order valence-corrected chi connectivity index (χ1v) is 7.29. The summed E-state index contributed by atoms with van der Waals surface area (Å²) in [4.78, 5) is 18.0. The van der Waals surface area contributed by atoms with Crippen LogP contribution < -0.4 is 14.4 Å². The van der Waals surface area contributed by atoms with Gasteiger partial charge in [-0.2, -0.15) is 0 Å². The minimum Gasteiger partial charge on any atom is -0.489 e. The average molecular weight is 349 g/mol. The minimum absolute atomic E-state index is 0.0308. The number of rotatable bonds is 3. The quantitative estimate of drug-likeness (QED) is 0.855. The third-order valence-electron chi connectivity index (χ3n) is 3.11. The Kier molecular flexibility index (Phi) is 4.06. The van der Waals surface area contributed by atoms with Crippen LogP contribution in [0.5, 0.6) is 11.5 Å². The fourth-order valence-corrected chi connectivity index (χ4v) is 2.50. The summed E-state index contributed by atoms with van der Waals surface area (Å²) in [7, 11) is 0.